The number of rotatable bonds is 4. The van der Waals surface area contributed by atoms with Gasteiger partial charge in [0.2, 0.25) is 11.8 Å². The largest absolute Gasteiger partial charge is 0.342 e. The fraction of sp³-hybridized carbons (Fsp3) is 0.867. The first-order chi connectivity index (χ1) is 9.16. The first-order valence-corrected chi connectivity index (χ1v) is 7.77. The summed E-state index contributed by atoms with van der Waals surface area (Å²) in [5.74, 6) is 1.36. The SMILES string of the molecule is CC1C(=O)NC(C2CC2)C(=O)N1CCC1CCCC1. The smallest absolute Gasteiger partial charge is 0.246 e. The van der Waals surface area contributed by atoms with Crippen molar-refractivity contribution in [3.8, 4) is 0 Å². The predicted octanol–water partition coefficient (Wildman–Crippen LogP) is 1.69. The lowest BCUT2D eigenvalue weighted by atomic mass is 10.0. The summed E-state index contributed by atoms with van der Waals surface area (Å²) in [7, 11) is 0. The van der Waals surface area contributed by atoms with Crippen LogP contribution < -0.4 is 5.32 Å². The normalized spacial score (nSPS) is 32.8. The van der Waals surface area contributed by atoms with E-state index < -0.39 is 0 Å². The highest BCUT2D eigenvalue weighted by atomic mass is 16.2. The molecule has 1 saturated heterocycles. The minimum Gasteiger partial charge on any atom is -0.342 e. The molecule has 3 rings (SSSR count). The zero-order valence-corrected chi connectivity index (χ0v) is 11.7. The van der Waals surface area contributed by atoms with Gasteiger partial charge in [-0.15, -0.1) is 0 Å². The Kier molecular flexibility index (Phi) is 3.50. The predicted molar refractivity (Wildman–Crippen MR) is 72.4 cm³/mol. The van der Waals surface area contributed by atoms with Gasteiger partial charge in [0.25, 0.3) is 0 Å². The second-order valence-electron chi connectivity index (χ2n) is 6.47. The van der Waals surface area contributed by atoms with Crippen LogP contribution in [0.4, 0.5) is 0 Å². The van der Waals surface area contributed by atoms with Crippen LogP contribution in [-0.4, -0.2) is 35.3 Å². The summed E-state index contributed by atoms with van der Waals surface area (Å²) < 4.78 is 0. The molecule has 4 nitrogen and oxygen atoms in total. The number of hydrogen-bond donors (Lipinski definition) is 1. The molecule has 2 atom stereocenters. The summed E-state index contributed by atoms with van der Waals surface area (Å²) >= 11 is 0. The van der Waals surface area contributed by atoms with Crippen LogP contribution in [0.5, 0.6) is 0 Å². The van der Waals surface area contributed by atoms with E-state index in [0.717, 1.165) is 31.7 Å². The Morgan fingerprint density at radius 2 is 1.84 bits per heavy atom. The lowest BCUT2D eigenvalue weighted by Gasteiger charge is -2.38. The summed E-state index contributed by atoms with van der Waals surface area (Å²) in [5.41, 5.74) is 0. The molecule has 0 spiro atoms. The molecule has 0 bridgehead atoms. The van der Waals surface area contributed by atoms with E-state index in [1.807, 2.05) is 11.8 Å². The van der Waals surface area contributed by atoms with Gasteiger partial charge in [-0.1, -0.05) is 25.7 Å². The van der Waals surface area contributed by atoms with Gasteiger partial charge in [-0.05, 0) is 38.0 Å². The number of hydrogen-bond acceptors (Lipinski definition) is 2. The lowest BCUT2D eigenvalue weighted by molar-refractivity contribution is -0.149. The molecule has 4 heteroatoms. The fourth-order valence-corrected chi connectivity index (χ4v) is 3.52. The fourth-order valence-electron chi connectivity index (χ4n) is 3.52. The molecule has 0 radical (unpaired) electrons. The van der Waals surface area contributed by atoms with E-state index in [1.54, 1.807) is 0 Å². The van der Waals surface area contributed by atoms with Gasteiger partial charge in [0.05, 0.1) is 0 Å². The molecule has 1 heterocycles. The van der Waals surface area contributed by atoms with E-state index in [0.29, 0.717) is 5.92 Å². The molecule has 106 valence electrons. The summed E-state index contributed by atoms with van der Waals surface area (Å²) in [6.07, 6.45) is 8.51. The van der Waals surface area contributed by atoms with Gasteiger partial charge in [-0.25, -0.2) is 0 Å². The zero-order valence-electron chi connectivity index (χ0n) is 11.7. The van der Waals surface area contributed by atoms with Crippen molar-refractivity contribution in [3.63, 3.8) is 0 Å². The van der Waals surface area contributed by atoms with Crippen LogP contribution in [0.1, 0.15) is 51.9 Å². The maximum atomic E-state index is 12.5. The standard InChI is InChI=1S/C15H24N2O2/c1-10-14(18)16-13(12-6-7-12)15(19)17(10)9-8-11-4-2-3-5-11/h10-13H,2-9H2,1H3,(H,16,18). The highest BCUT2D eigenvalue weighted by molar-refractivity contribution is 5.97. The zero-order chi connectivity index (χ0) is 13.4. The monoisotopic (exact) mass is 264 g/mol. The van der Waals surface area contributed by atoms with Crippen molar-refractivity contribution in [1.29, 1.82) is 0 Å². The van der Waals surface area contributed by atoms with Gasteiger partial charge in [-0.2, -0.15) is 0 Å². The van der Waals surface area contributed by atoms with Crippen molar-refractivity contribution in [1.82, 2.24) is 10.2 Å². The Morgan fingerprint density at radius 3 is 2.47 bits per heavy atom. The van der Waals surface area contributed by atoms with Gasteiger partial charge in [0.1, 0.15) is 12.1 Å². The molecule has 2 aliphatic carbocycles. The first-order valence-electron chi connectivity index (χ1n) is 7.77. The summed E-state index contributed by atoms with van der Waals surface area (Å²) in [5, 5.41) is 2.91. The number of nitrogens with one attached hydrogen (secondary N) is 1. The number of piperazine rings is 1. The first kappa shape index (κ1) is 12.9. The third-order valence-corrected chi connectivity index (χ3v) is 5.04. The molecule has 0 aromatic rings. The molecule has 0 aromatic heterocycles. The number of carbonyl (C=O) groups excluding carboxylic acids is 2. The molecule has 0 aromatic carbocycles. The van der Waals surface area contributed by atoms with Gasteiger partial charge in [-0.3, -0.25) is 9.59 Å². The molecular weight excluding hydrogens is 240 g/mol. The molecule has 1 N–H and O–H groups in total. The van der Waals surface area contributed by atoms with Crippen molar-refractivity contribution < 1.29 is 9.59 Å². The third kappa shape index (κ3) is 2.63. The van der Waals surface area contributed by atoms with E-state index >= 15 is 0 Å². The molecule has 3 aliphatic rings. The minimum absolute atomic E-state index is 0.0305. The van der Waals surface area contributed by atoms with E-state index in [2.05, 4.69) is 5.32 Å². The van der Waals surface area contributed by atoms with Crippen LogP contribution in [0.3, 0.4) is 0 Å². The topological polar surface area (TPSA) is 49.4 Å². The third-order valence-electron chi connectivity index (χ3n) is 5.04. The summed E-state index contributed by atoms with van der Waals surface area (Å²) in [6.45, 7) is 2.62. The maximum Gasteiger partial charge on any atom is 0.246 e. The molecule has 2 saturated carbocycles. The molecule has 1 aliphatic heterocycles. The Morgan fingerprint density at radius 1 is 1.16 bits per heavy atom. The quantitative estimate of drug-likeness (QED) is 0.840. The van der Waals surface area contributed by atoms with Gasteiger partial charge < -0.3 is 10.2 Å². The van der Waals surface area contributed by atoms with Gasteiger partial charge >= 0.3 is 0 Å². The number of carbonyl (C=O) groups is 2. The van der Waals surface area contributed by atoms with Gasteiger partial charge in [0, 0.05) is 6.54 Å². The van der Waals surface area contributed by atoms with E-state index in [9.17, 15) is 9.59 Å². The van der Waals surface area contributed by atoms with Crippen molar-refractivity contribution >= 4 is 11.8 Å². The van der Waals surface area contributed by atoms with Gasteiger partial charge in [0.15, 0.2) is 0 Å². The molecule has 3 fully saturated rings. The number of nitrogens with zero attached hydrogens (tertiary/aromatic N) is 1. The van der Waals surface area contributed by atoms with E-state index in [1.165, 1.54) is 25.7 Å². The average molecular weight is 264 g/mol. The molecule has 2 amide bonds. The highest BCUT2D eigenvalue weighted by Crippen LogP contribution is 2.35. The van der Waals surface area contributed by atoms with Crippen molar-refractivity contribution in [2.24, 2.45) is 11.8 Å². The minimum atomic E-state index is -0.288. The van der Waals surface area contributed by atoms with Crippen LogP contribution in [-0.2, 0) is 9.59 Å². The average Bonchev–Trinajstić information content (AvgIpc) is 3.10. The van der Waals surface area contributed by atoms with Crippen LogP contribution in [0.2, 0.25) is 0 Å². The molecule has 2 unspecified atom stereocenters. The van der Waals surface area contributed by atoms with E-state index in [-0.39, 0.29) is 23.9 Å². The molecular formula is C15H24N2O2. The maximum absolute atomic E-state index is 12.5. The Labute approximate surface area is 114 Å². The van der Waals surface area contributed by atoms with E-state index in [4.69, 9.17) is 0 Å². The number of amides is 2. The second kappa shape index (κ2) is 5.14. The van der Waals surface area contributed by atoms with Crippen LogP contribution >= 0.6 is 0 Å². The Hall–Kier alpha value is -1.06. The van der Waals surface area contributed by atoms with Crippen LogP contribution in [0.25, 0.3) is 0 Å². The molecule has 19 heavy (non-hydrogen) atoms. The van der Waals surface area contributed by atoms with Crippen molar-refractivity contribution in [3.05, 3.63) is 0 Å². The Balaban J connectivity index is 1.62. The van der Waals surface area contributed by atoms with Crippen molar-refractivity contribution in [2.75, 3.05) is 6.54 Å². The highest BCUT2D eigenvalue weighted by Gasteiger charge is 2.45. The summed E-state index contributed by atoms with van der Waals surface area (Å²) in [6, 6.07) is -0.517. The van der Waals surface area contributed by atoms with Crippen molar-refractivity contribution in [2.45, 2.75) is 64.0 Å². The Bertz CT molecular complexity index is 372. The lowest BCUT2D eigenvalue weighted by Crippen LogP contribution is -2.63. The van der Waals surface area contributed by atoms with Crippen LogP contribution in [0.15, 0.2) is 0 Å². The summed E-state index contributed by atoms with van der Waals surface area (Å²) in [4.78, 5) is 26.3. The van der Waals surface area contributed by atoms with Crippen LogP contribution in [0, 0.1) is 11.8 Å². The second-order valence-corrected chi connectivity index (χ2v) is 6.47.